The average Bonchev–Trinajstić information content (AvgIpc) is 2.75. The molecular formula is C12H12BrFN2O. The van der Waals surface area contributed by atoms with Gasteiger partial charge in [0.1, 0.15) is 5.82 Å². The molecular weight excluding hydrogens is 287 g/mol. The first-order chi connectivity index (χ1) is 8.20. The molecule has 0 aliphatic rings. The third kappa shape index (κ3) is 2.92. The van der Waals surface area contributed by atoms with Gasteiger partial charge in [0.05, 0.1) is 11.3 Å². The van der Waals surface area contributed by atoms with Crippen LogP contribution in [0, 0.1) is 5.82 Å². The minimum Gasteiger partial charge on any atom is -0.356 e. The molecule has 2 rings (SSSR count). The summed E-state index contributed by atoms with van der Waals surface area (Å²) in [5, 5.41) is 7.01. The summed E-state index contributed by atoms with van der Waals surface area (Å²) < 4.78 is 19.5. The van der Waals surface area contributed by atoms with Crippen LogP contribution >= 0.6 is 15.9 Å². The summed E-state index contributed by atoms with van der Waals surface area (Å²) in [6.45, 7) is 3.49. The SMILES string of the molecule is CCNCc1cc(-c2ccc(Br)cc2F)on1. The summed E-state index contributed by atoms with van der Waals surface area (Å²) in [7, 11) is 0. The van der Waals surface area contributed by atoms with Crippen LogP contribution in [0.2, 0.25) is 0 Å². The Kier molecular flexibility index (Phi) is 3.91. The molecule has 1 aromatic carbocycles. The third-order valence-corrected chi connectivity index (χ3v) is 2.80. The quantitative estimate of drug-likeness (QED) is 0.941. The molecule has 0 radical (unpaired) electrons. The van der Waals surface area contributed by atoms with Crippen LogP contribution in [0.25, 0.3) is 11.3 Å². The fraction of sp³-hybridized carbons (Fsp3) is 0.250. The highest BCUT2D eigenvalue weighted by Crippen LogP contribution is 2.26. The number of nitrogens with one attached hydrogen (secondary N) is 1. The van der Waals surface area contributed by atoms with E-state index < -0.39 is 0 Å². The van der Waals surface area contributed by atoms with Crippen LogP contribution in [-0.4, -0.2) is 11.7 Å². The van der Waals surface area contributed by atoms with Gasteiger partial charge in [-0.3, -0.25) is 0 Å². The van der Waals surface area contributed by atoms with Crippen molar-refractivity contribution in [2.45, 2.75) is 13.5 Å². The Labute approximate surface area is 107 Å². The molecule has 0 aliphatic heterocycles. The van der Waals surface area contributed by atoms with Gasteiger partial charge in [-0.15, -0.1) is 0 Å². The second-order valence-electron chi connectivity index (χ2n) is 3.59. The molecule has 0 saturated heterocycles. The fourth-order valence-electron chi connectivity index (χ4n) is 1.46. The maximum atomic E-state index is 13.7. The number of benzene rings is 1. The summed E-state index contributed by atoms with van der Waals surface area (Å²) in [5.74, 6) is 0.119. The molecule has 0 unspecified atom stereocenters. The van der Waals surface area contributed by atoms with Gasteiger partial charge < -0.3 is 9.84 Å². The summed E-state index contributed by atoms with van der Waals surface area (Å²) in [6.07, 6.45) is 0. The lowest BCUT2D eigenvalue weighted by Crippen LogP contribution is -2.11. The molecule has 0 saturated carbocycles. The molecule has 1 aromatic heterocycles. The second kappa shape index (κ2) is 5.42. The predicted octanol–water partition coefficient (Wildman–Crippen LogP) is 3.35. The number of halogens is 2. The molecule has 0 spiro atoms. The van der Waals surface area contributed by atoms with Gasteiger partial charge in [-0.25, -0.2) is 4.39 Å². The van der Waals surface area contributed by atoms with E-state index in [1.807, 2.05) is 6.92 Å². The lowest BCUT2D eigenvalue weighted by atomic mass is 10.1. The van der Waals surface area contributed by atoms with Gasteiger partial charge in [0.15, 0.2) is 5.76 Å². The van der Waals surface area contributed by atoms with E-state index in [9.17, 15) is 4.39 Å². The van der Waals surface area contributed by atoms with Crippen LogP contribution in [0.5, 0.6) is 0 Å². The Morgan fingerprint density at radius 1 is 1.41 bits per heavy atom. The first kappa shape index (κ1) is 12.3. The summed E-state index contributed by atoms with van der Waals surface area (Å²) in [6, 6.07) is 6.58. The lowest BCUT2D eigenvalue weighted by Gasteiger charge is -1.98. The Bertz CT molecular complexity index is 513. The zero-order valence-corrected chi connectivity index (χ0v) is 10.9. The lowest BCUT2D eigenvalue weighted by molar-refractivity contribution is 0.418. The van der Waals surface area contributed by atoms with Gasteiger partial charge in [0.25, 0.3) is 0 Å². The van der Waals surface area contributed by atoms with Crippen molar-refractivity contribution >= 4 is 15.9 Å². The maximum absolute atomic E-state index is 13.7. The number of nitrogens with zero attached hydrogens (tertiary/aromatic N) is 1. The van der Waals surface area contributed by atoms with Crippen LogP contribution in [0.15, 0.2) is 33.3 Å². The normalized spacial score (nSPS) is 10.8. The summed E-state index contributed by atoms with van der Waals surface area (Å²) in [4.78, 5) is 0. The third-order valence-electron chi connectivity index (χ3n) is 2.31. The highest BCUT2D eigenvalue weighted by Gasteiger charge is 2.11. The second-order valence-corrected chi connectivity index (χ2v) is 4.50. The van der Waals surface area contributed by atoms with E-state index in [-0.39, 0.29) is 5.82 Å². The van der Waals surface area contributed by atoms with Crippen LogP contribution in [-0.2, 0) is 6.54 Å². The van der Waals surface area contributed by atoms with Crippen molar-refractivity contribution in [2.75, 3.05) is 6.54 Å². The maximum Gasteiger partial charge on any atom is 0.170 e. The van der Waals surface area contributed by atoms with Crippen LogP contribution in [0.1, 0.15) is 12.6 Å². The minimum atomic E-state index is -0.328. The number of rotatable bonds is 4. The van der Waals surface area contributed by atoms with Gasteiger partial charge >= 0.3 is 0 Å². The minimum absolute atomic E-state index is 0.328. The summed E-state index contributed by atoms with van der Waals surface area (Å²) in [5.41, 5.74) is 1.19. The molecule has 1 heterocycles. The standard InChI is InChI=1S/C12H12BrFN2O/c1-2-15-7-9-6-12(17-16-9)10-4-3-8(13)5-11(10)14/h3-6,15H,2,7H2,1H3. The largest absolute Gasteiger partial charge is 0.356 e. The van der Waals surface area contributed by atoms with Crippen molar-refractivity contribution in [2.24, 2.45) is 0 Å². The molecule has 0 atom stereocenters. The smallest absolute Gasteiger partial charge is 0.170 e. The molecule has 2 aromatic rings. The molecule has 0 amide bonds. The molecule has 90 valence electrons. The van der Waals surface area contributed by atoms with Crippen molar-refractivity contribution in [1.29, 1.82) is 0 Å². The monoisotopic (exact) mass is 298 g/mol. The van der Waals surface area contributed by atoms with E-state index in [0.29, 0.717) is 22.3 Å². The summed E-state index contributed by atoms with van der Waals surface area (Å²) >= 11 is 3.21. The fourth-order valence-corrected chi connectivity index (χ4v) is 1.80. The number of aromatic nitrogens is 1. The van der Waals surface area contributed by atoms with Crippen molar-refractivity contribution in [3.63, 3.8) is 0 Å². The van der Waals surface area contributed by atoms with Crippen LogP contribution in [0.4, 0.5) is 4.39 Å². The van der Waals surface area contributed by atoms with Gasteiger partial charge in [-0.1, -0.05) is 28.0 Å². The van der Waals surface area contributed by atoms with E-state index in [1.54, 1.807) is 18.2 Å². The van der Waals surface area contributed by atoms with Gasteiger partial charge in [0, 0.05) is 17.1 Å². The molecule has 0 fully saturated rings. The van der Waals surface area contributed by atoms with Crippen molar-refractivity contribution in [1.82, 2.24) is 10.5 Å². The van der Waals surface area contributed by atoms with Crippen molar-refractivity contribution in [3.8, 4) is 11.3 Å². The van der Waals surface area contributed by atoms with E-state index >= 15 is 0 Å². The van der Waals surface area contributed by atoms with Crippen LogP contribution in [0.3, 0.4) is 0 Å². The Hall–Kier alpha value is -1.20. The zero-order valence-electron chi connectivity index (χ0n) is 9.34. The molecule has 3 nitrogen and oxygen atoms in total. The van der Waals surface area contributed by atoms with Crippen molar-refractivity contribution < 1.29 is 8.91 Å². The van der Waals surface area contributed by atoms with E-state index in [4.69, 9.17) is 4.52 Å². The van der Waals surface area contributed by atoms with Crippen molar-refractivity contribution in [3.05, 3.63) is 40.2 Å². The van der Waals surface area contributed by atoms with Gasteiger partial charge in [-0.2, -0.15) is 0 Å². The van der Waals surface area contributed by atoms with Crippen LogP contribution < -0.4 is 5.32 Å². The van der Waals surface area contributed by atoms with E-state index in [0.717, 1.165) is 12.2 Å². The number of hydrogen-bond acceptors (Lipinski definition) is 3. The molecule has 17 heavy (non-hydrogen) atoms. The van der Waals surface area contributed by atoms with Gasteiger partial charge in [0.2, 0.25) is 0 Å². The Balaban J connectivity index is 2.24. The molecule has 1 N–H and O–H groups in total. The first-order valence-electron chi connectivity index (χ1n) is 5.32. The average molecular weight is 299 g/mol. The number of hydrogen-bond donors (Lipinski definition) is 1. The van der Waals surface area contributed by atoms with E-state index in [1.165, 1.54) is 6.07 Å². The molecule has 5 heteroatoms. The first-order valence-corrected chi connectivity index (χ1v) is 6.11. The highest BCUT2D eigenvalue weighted by atomic mass is 79.9. The Morgan fingerprint density at radius 3 is 2.94 bits per heavy atom. The zero-order chi connectivity index (χ0) is 12.3. The Morgan fingerprint density at radius 2 is 2.24 bits per heavy atom. The highest BCUT2D eigenvalue weighted by molar-refractivity contribution is 9.10. The predicted molar refractivity (Wildman–Crippen MR) is 67.0 cm³/mol. The molecule has 0 bridgehead atoms. The topological polar surface area (TPSA) is 38.1 Å². The van der Waals surface area contributed by atoms with E-state index in [2.05, 4.69) is 26.4 Å². The van der Waals surface area contributed by atoms with Gasteiger partial charge in [-0.05, 0) is 24.7 Å². The molecule has 0 aliphatic carbocycles.